The Bertz CT molecular complexity index is 1160. The van der Waals surface area contributed by atoms with Crippen molar-refractivity contribution in [2.75, 3.05) is 13.2 Å². The Morgan fingerprint density at radius 3 is 2.63 bits per heavy atom. The number of nitrogens with zero attached hydrogens (tertiary/aromatic N) is 2. The Morgan fingerprint density at radius 2 is 1.73 bits per heavy atom. The average Bonchev–Trinajstić information content (AvgIpc) is 3.24. The van der Waals surface area contributed by atoms with Gasteiger partial charge in [-0.2, -0.15) is 5.10 Å². The molecule has 0 bridgehead atoms. The van der Waals surface area contributed by atoms with Crippen LogP contribution < -0.4 is 14.2 Å². The fourth-order valence-electron chi connectivity index (χ4n) is 4.31. The molecule has 0 aliphatic carbocycles. The Labute approximate surface area is 183 Å². The fraction of sp³-hybridized carbons (Fsp3) is 0.208. The monoisotopic (exact) mass is 462 g/mol. The minimum absolute atomic E-state index is 0.127. The molecule has 3 heterocycles. The summed E-state index contributed by atoms with van der Waals surface area (Å²) in [5.74, 6) is 2.50. The molecule has 30 heavy (non-hydrogen) atoms. The van der Waals surface area contributed by atoms with Gasteiger partial charge in [0.25, 0.3) is 0 Å². The summed E-state index contributed by atoms with van der Waals surface area (Å²) >= 11 is 3.58. The molecule has 150 valence electrons. The molecule has 3 aromatic rings. The van der Waals surface area contributed by atoms with Crippen LogP contribution in [0.15, 0.2) is 76.3 Å². The molecule has 0 radical (unpaired) electrons. The van der Waals surface area contributed by atoms with E-state index < -0.39 is 0 Å². The molecular formula is C24H19BrN2O3. The van der Waals surface area contributed by atoms with E-state index in [1.165, 1.54) is 5.56 Å². The van der Waals surface area contributed by atoms with Crippen molar-refractivity contribution in [1.29, 1.82) is 0 Å². The number of ether oxygens (including phenoxy) is 3. The van der Waals surface area contributed by atoms with Crippen LogP contribution >= 0.6 is 15.9 Å². The van der Waals surface area contributed by atoms with Crippen molar-refractivity contribution in [1.82, 2.24) is 5.01 Å². The molecule has 0 spiro atoms. The number of hydrogen-bond acceptors (Lipinski definition) is 5. The lowest BCUT2D eigenvalue weighted by Crippen LogP contribution is -2.33. The summed E-state index contributed by atoms with van der Waals surface area (Å²) < 4.78 is 18.9. The summed E-state index contributed by atoms with van der Waals surface area (Å²) in [6.45, 7) is 1.16. The van der Waals surface area contributed by atoms with E-state index in [1.807, 2.05) is 36.4 Å². The van der Waals surface area contributed by atoms with Crippen LogP contribution in [0.2, 0.25) is 0 Å². The number of hydrazone groups is 1. The zero-order chi connectivity index (χ0) is 20.1. The first kappa shape index (κ1) is 17.8. The Morgan fingerprint density at radius 1 is 0.867 bits per heavy atom. The molecule has 3 aliphatic rings. The molecule has 2 atom stereocenters. The van der Waals surface area contributed by atoms with Crippen LogP contribution in [0.4, 0.5) is 0 Å². The highest BCUT2D eigenvalue weighted by Crippen LogP contribution is 2.48. The maximum atomic E-state index is 6.41. The molecule has 0 amide bonds. The van der Waals surface area contributed by atoms with Gasteiger partial charge in [0.05, 0.1) is 11.8 Å². The molecular weight excluding hydrogens is 444 g/mol. The molecule has 0 aromatic heterocycles. The van der Waals surface area contributed by atoms with Crippen molar-refractivity contribution >= 4 is 21.6 Å². The lowest BCUT2D eigenvalue weighted by atomic mass is 9.96. The van der Waals surface area contributed by atoms with E-state index in [2.05, 4.69) is 51.3 Å². The predicted molar refractivity (Wildman–Crippen MR) is 117 cm³/mol. The first-order valence-electron chi connectivity index (χ1n) is 10.0. The van der Waals surface area contributed by atoms with Crippen molar-refractivity contribution in [3.8, 4) is 17.2 Å². The van der Waals surface area contributed by atoms with E-state index in [1.54, 1.807) is 0 Å². The van der Waals surface area contributed by atoms with E-state index in [-0.39, 0.29) is 12.3 Å². The second-order valence-corrected chi connectivity index (χ2v) is 8.48. The predicted octanol–water partition coefficient (Wildman–Crippen LogP) is 5.46. The molecule has 5 nitrogen and oxygen atoms in total. The van der Waals surface area contributed by atoms with Gasteiger partial charge >= 0.3 is 0 Å². The first-order chi connectivity index (χ1) is 14.8. The number of hydrogen-bond donors (Lipinski definition) is 0. The average molecular weight is 463 g/mol. The molecule has 0 unspecified atom stereocenters. The highest BCUT2D eigenvalue weighted by molar-refractivity contribution is 9.10. The lowest BCUT2D eigenvalue weighted by Gasteiger charge is -2.38. The van der Waals surface area contributed by atoms with E-state index in [0.717, 1.165) is 45.0 Å². The van der Waals surface area contributed by atoms with Crippen LogP contribution in [0.5, 0.6) is 17.2 Å². The third-order valence-electron chi connectivity index (χ3n) is 5.71. The van der Waals surface area contributed by atoms with Crippen molar-refractivity contribution in [2.45, 2.75) is 18.7 Å². The summed E-state index contributed by atoms with van der Waals surface area (Å²) in [6, 6.07) is 22.7. The molecule has 3 aromatic carbocycles. The van der Waals surface area contributed by atoms with Crippen molar-refractivity contribution in [2.24, 2.45) is 5.10 Å². The lowest BCUT2D eigenvalue weighted by molar-refractivity contribution is -0.0190. The highest BCUT2D eigenvalue weighted by Gasteiger charge is 2.41. The Hall–Kier alpha value is -2.99. The van der Waals surface area contributed by atoms with Crippen molar-refractivity contribution in [3.05, 3.63) is 87.9 Å². The van der Waals surface area contributed by atoms with Crippen LogP contribution in [0.1, 0.15) is 35.4 Å². The fourth-order valence-corrected chi connectivity index (χ4v) is 4.73. The first-order valence-corrected chi connectivity index (χ1v) is 10.8. The molecule has 3 aliphatic heterocycles. The summed E-state index contributed by atoms with van der Waals surface area (Å²) in [5.41, 5.74) is 4.31. The smallest absolute Gasteiger partial charge is 0.213 e. The Balaban J connectivity index is 1.42. The van der Waals surface area contributed by atoms with E-state index in [9.17, 15) is 0 Å². The third kappa shape index (κ3) is 2.94. The van der Waals surface area contributed by atoms with Crippen LogP contribution in [0, 0.1) is 0 Å². The van der Waals surface area contributed by atoms with Crippen molar-refractivity contribution < 1.29 is 14.2 Å². The van der Waals surface area contributed by atoms with Crippen LogP contribution in [-0.4, -0.2) is 23.9 Å². The van der Waals surface area contributed by atoms with Crippen molar-refractivity contribution in [3.63, 3.8) is 0 Å². The summed E-state index contributed by atoms with van der Waals surface area (Å²) in [7, 11) is 0. The van der Waals surface area contributed by atoms with E-state index in [4.69, 9.17) is 19.3 Å². The highest BCUT2D eigenvalue weighted by atomic mass is 79.9. The van der Waals surface area contributed by atoms with Gasteiger partial charge in [-0.15, -0.1) is 0 Å². The zero-order valence-electron chi connectivity index (χ0n) is 16.1. The molecule has 0 saturated heterocycles. The molecule has 0 N–H and O–H groups in total. The quantitative estimate of drug-likeness (QED) is 0.506. The summed E-state index contributed by atoms with van der Waals surface area (Å²) in [5, 5.41) is 7.12. The van der Waals surface area contributed by atoms with Crippen LogP contribution in [-0.2, 0) is 0 Å². The zero-order valence-corrected chi connectivity index (χ0v) is 17.7. The largest absolute Gasteiger partial charge is 0.486 e. The maximum Gasteiger partial charge on any atom is 0.213 e. The standard InChI is InChI=1S/C24H19BrN2O3/c25-17-5-3-4-16(12-17)24-27-20(18-6-1-2-7-21(18)30-24)14-19(26-27)15-8-9-22-23(13-15)29-11-10-28-22/h1-9,12-13,20,24H,10-11,14H2/t20-,24-/m0/s1. The second-order valence-electron chi connectivity index (χ2n) is 7.57. The summed E-state index contributed by atoms with van der Waals surface area (Å²) in [4.78, 5) is 0. The molecule has 6 rings (SSSR count). The third-order valence-corrected chi connectivity index (χ3v) is 6.20. The number of halogens is 1. The minimum Gasteiger partial charge on any atom is -0.486 e. The van der Waals surface area contributed by atoms with Crippen LogP contribution in [0.25, 0.3) is 0 Å². The van der Waals surface area contributed by atoms with E-state index >= 15 is 0 Å². The maximum absolute atomic E-state index is 6.41. The minimum atomic E-state index is -0.280. The normalized spacial score (nSPS) is 21.4. The Kier molecular flexibility index (Phi) is 4.20. The molecule has 0 saturated carbocycles. The molecule has 6 heteroatoms. The van der Waals surface area contributed by atoms with Gasteiger partial charge in [0.15, 0.2) is 11.5 Å². The number of para-hydroxylation sites is 1. The van der Waals surface area contributed by atoms with Gasteiger partial charge in [-0.1, -0.05) is 46.3 Å². The van der Waals surface area contributed by atoms with Gasteiger partial charge in [0.2, 0.25) is 6.23 Å². The van der Waals surface area contributed by atoms with E-state index in [0.29, 0.717) is 13.2 Å². The second kappa shape index (κ2) is 7.06. The van der Waals surface area contributed by atoms with Gasteiger partial charge < -0.3 is 14.2 Å². The van der Waals surface area contributed by atoms with Gasteiger partial charge in [-0.05, 0) is 36.4 Å². The SMILES string of the molecule is Brc1cccc([C@@H]2Oc3ccccc3[C@@H]3CC(c4ccc5c(c4)OCCO5)=NN32)c1. The van der Waals surface area contributed by atoms with Gasteiger partial charge in [0, 0.05) is 27.6 Å². The topological polar surface area (TPSA) is 43.3 Å². The van der Waals surface area contributed by atoms with Gasteiger partial charge in [0.1, 0.15) is 19.0 Å². The molecule has 0 fully saturated rings. The van der Waals surface area contributed by atoms with Crippen LogP contribution in [0.3, 0.4) is 0 Å². The number of benzene rings is 3. The number of rotatable bonds is 2. The van der Waals surface area contributed by atoms with Gasteiger partial charge in [-0.25, -0.2) is 5.01 Å². The summed E-state index contributed by atoms with van der Waals surface area (Å²) in [6.07, 6.45) is 0.530. The van der Waals surface area contributed by atoms with Gasteiger partial charge in [-0.3, -0.25) is 0 Å². The number of fused-ring (bicyclic) bond motifs is 4.